The first-order valence-corrected chi connectivity index (χ1v) is 19.2. The van der Waals surface area contributed by atoms with Crippen molar-refractivity contribution in [2.45, 2.75) is 85.2 Å². The van der Waals surface area contributed by atoms with Gasteiger partial charge in [0.15, 0.2) is 0 Å². The number of hydrogen-bond donors (Lipinski definition) is 3. The number of anilines is 2. The highest BCUT2D eigenvalue weighted by molar-refractivity contribution is 6.04. The zero-order chi connectivity index (χ0) is 40.9. The molecule has 3 N–H and O–H groups in total. The van der Waals surface area contributed by atoms with Gasteiger partial charge in [0.2, 0.25) is 0 Å². The lowest BCUT2D eigenvalue weighted by Gasteiger charge is -2.29. The second kappa shape index (κ2) is 16.9. The number of amides is 2. The molecular weight excluding hydrogens is 709 g/mol. The number of aromatic nitrogens is 2. The molecule has 0 spiro atoms. The molecule has 2 aliphatic carbocycles. The van der Waals surface area contributed by atoms with Crippen molar-refractivity contribution in [3.05, 3.63) is 117 Å². The average molecular weight is 763 g/mol. The largest absolute Gasteiger partial charge is 0.479 e. The van der Waals surface area contributed by atoms with Crippen molar-refractivity contribution in [3.8, 4) is 0 Å². The highest BCUT2D eigenvalue weighted by atomic mass is 16.5. The van der Waals surface area contributed by atoms with Gasteiger partial charge in [0, 0.05) is 64.3 Å². The van der Waals surface area contributed by atoms with E-state index in [1.165, 1.54) is 0 Å². The highest BCUT2D eigenvalue weighted by Gasteiger charge is 2.48. The molecule has 0 fully saturated rings. The van der Waals surface area contributed by atoms with Gasteiger partial charge in [0.05, 0.1) is 17.7 Å². The van der Waals surface area contributed by atoms with E-state index in [9.17, 15) is 24.3 Å². The normalized spacial score (nSPS) is 14.4. The van der Waals surface area contributed by atoms with Crippen molar-refractivity contribution in [3.63, 3.8) is 0 Å². The topological polar surface area (TPSA) is 154 Å². The second-order valence-electron chi connectivity index (χ2n) is 14.9. The van der Waals surface area contributed by atoms with Gasteiger partial charge >= 0.3 is 11.9 Å². The Labute approximate surface area is 329 Å². The quantitative estimate of drug-likeness (QED) is 0.167. The van der Waals surface area contributed by atoms with Crippen LogP contribution in [-0.4, -0.2) is 83.7 Å². The minimum Gasteiger partial charge on any atom is -0.479 e. The van der Waals surface area contributed by atoms with Gasteiger partial charge in [-0.2, -0.15) is 0 Å². The molecule has 0 aliphatic heterocycles. The zero-order valence-electron chi connectivity index (χ0n) is 34.0. The van der Waals surface area contributed by atoms with Gasteiger partial charge in [-0.3, -0.25) is 9.59 Å². The van der Waals surface area contributed by atoms with Crippen molar-refractivity contribution in [2.75, 3.05) is 43.6 Å². The van der Waals surface area contributed by atoms with E-state index in [0.717, 1.165) is 44.8 Å². The Balaban J connectivity index is 0.000000215. The molecule has 2 heterocycles. The van der Waals surface area contributed by atoms with Crippen LogP contribution in [0.1, 0.15) is 86.3 Å². The number of carboxylic acids is 1. The number of carbonyl (C=O) groups is 4. The van der Waals surface area contributed by atoms with Crippen LogP contribution in [0.5, 0.6) is 0 Å². The van der Waals surface area contributed by atoms with E-state index in [2.05, 4.69) is 20.6 Å². The van der Waals surface area contributed by atoms with Gasteiger partial charge < -0.3 is 30.3 Å². The maximum absolute atomic E-state index is 13.5. The zero-order valence-corrected chi connectivity index (χ0v) is 34.0. The second-order valence-corrected chi connectivity index (χ2v) is 14.9. The predicted molar refractivity (Wildman–Crippen MR) is 218 cm³/mol. The van der Waals surface area contributed by atoms with Gasteiger partial charge in [-0.25, -0.2) is 19.6 Å². The molecule has 0 atom stereocenters. The number of carboxylic acid groups (broad SMARTS) is 1. The fraction of sp³-hybridized carbons (Fsp3) is 0.409. The van der Waals surface area contributed by atoms with Crippen LogP contribution in [0.4, 0.5) is 11.6 Å². The summed E-state index contributed by atoms with van der Waals surface area (Å²) in [4.78, 5) is 64.7. The number of aliphatic carboxylic acids is 1. The lowest BCUT2D eigenvalue weighted by Crippen LogP contribution is -2.56. The van der Waals surface area contributed by atoms with Gasteiger partial charge in [0.25, 0.3) is 11.8 Å². The van der Waals surface area contributed by atoms with Crippen LogP contribution < -0.4 is 20.4 Å². The fourth-order valence-electron chi connectivity index (χ4n) is 7.68. The van der Waals surface area contributed by atoms with Crippen molar-refractivity contribution < 1.29 is 29.0 Å². The highest BCUT2D eigenvalue weighted by Crippen LogP contribution is 2.34. The number of carbonyl (C=O) groups excluding carboxylic acids is 3. The summed E-state index contributed by atoms with van der Waals surface area (Å²) < 4.78 is 5.37. The Morgan fingerprint density at radius 3 is 1.36 bits per heavy atom. The van der Waals surface area contributed by atoms with Crippen LogP contribution in [0.3, 0.4) is 0 Å². The minimum absolute atomic E-state index is 0.266. The smallest absolute Gasteiger partial charge is 0.332 e. The number of benzene rings is 2. The molecule has 0 saturated carbocycles. The Kier molecular flexibility index (Phi) is 12.5. The third-order valence-electron chi connectivity index (χ3n) is 10.8. The number of rotatable bonds is 11. The summed E-state index contributed by atoms with van der Waals surface area (Å²) in [5.41, 5.74) is 5.83. The van der Waals surface area contributed by atoms with Gasteiger partial charge in [0.1, 0.15) is 22.7 Å². The summed E-state index contributed by atoms with van der Waals surface area (Å²) in [6.45, 7) is 15.0. The van der Waals surface area contributed by atoms with Gasteiger partial charge in [-0.05, 0) is 94.0 Å². The fourth-order valence-corrected chi connectivity index (χ4v) is 7.68. The van der Waals surface area contributed by atoms with E-state index in [-0.39, 0.29) is 25.4 Å². The van der Waals surface area contributed by atoms with Crippen LogP contribution in [0.2, 0.25) is 0 Å². The van der Waals surface area contributed by atoms with Crippen LogP contribution in [-0.2, 0) is 40.0 Å². The number of pyridine rings is 2. The van der Waals surface area contributed by atoms with E-state index in [1.54, 1.807) is 6.92 Å². The number of esters is 1. The molecule has 56 heavy (non-hydrogen) atoms. The predicted octanol–water partition coefficient (Wildman–Crippen LogP) is 5.49. The number of nitrogens with zero attached hydrogens (tertiary/aromatic N) is 4. The summed E-state index contributed by atoms with van der Waals surface area (Å²) in [6, 6.07) is 19.2. The Hall–Kier alpha value is -5.78. The first-order valence-electron chi connectivity index (χ1n) is 19.2. The monoisotopic (exact) mass is 762 g/mol. The molecule has 6 rings (SSSR count). The van der Waals surface area contributed by atoms with Crippen LogP contribution >= 0.6 is 0 Å². The summed E-state index contributed by atoms with van der Waals surface area (Å²) in [5.74, 6) is -0.917. The van der Waals surface area contributed by atoms with E-state index in [1.807, 2.05) is 126 Å². The maximum Gasteiger partial charge on any atom is 0.332 e. The Bertz CT molecular complexity index is 2100. The van der Waals surface area contributed by atoms with Crippen molar-refractivity contribution >= 4 is 35.4 Å². The van der Waals surface area contributed by atoms with Gasteiger partial charge in [-0.1, -0.05) is 48.5 Å². The molecule has 4 aromatic rings. The number of hydrogen-bond acceptors (Lipinski definition) is 9. The molecule has 296 valence electrons. The van der Waals surface area contributed by atoms with Crippen molar-refractivity contribution in [2.24, 2.45) is 0 Å². The van der Waals surface area contributed by atoms with Gasteiger partial charge in [-0.15, -0.1) is 0 Å². The van der Waals surface area contributed by atoms with E-state index < -0.39 is 28.9 Å². The SMILES string of the molecule is CCN(C)c1nc(C)cc(C)c1C(=O)NC1(C(=O)O)Cc2ccccc2C1.CCOC(=O)C1(NC(=O)c2c(C)cc(C)nc2N(C)CC)Cc2ccccc2C1. The van der Waals surface area contributed by atoms with Crippen molar-refractivity contribution in [1.82, 2.24) is 20.6 Å². The van der Waals surface area contributed by atoms with Crippen LogP contribution in [0, 0.1) is 27.7 Å². The lowest BCUT2D eigenvalue weighted by atomic mass is 9.94. The molecule has 0 radical (unpaired) electrons. The molecule has 0 bridgehead atoms. The molecule has 0 saturated heterocycles. The summed E-state index contributed by atoms with van der Waals surface area (Å²) >= 11 is 0. The van der Waals surface area contributed by atoms with Crippen molar-refractivity contribution in [1.29, 1.82) is 0 Å². The number of ether oxygens (including phenoxy) is 1. The van der Waals surface area contributed by atoms with E-state index in [0.29, 0.717) is 48.7 Å². The molecule has 0 unspecified atom stereocenters. The minimum atomic E-state index is -1.33. The molecule has 2 amide bonds. The summed E-state index contributed by atoms with van der Waals surface area (Å²) in [5, 5.41) is 15.8. The molecular formula is C44H54N6O6. The van der Waals surface area contributed by atoms with E-state index in [4.69, 9.17) is 4.74 Å². The third kappa shape index (κ3) is 8.39. The lowest BCUT2D eigenvalue weighted by molar-refractivity contribution is -0.150. The average Bonchev–Trinajstić information content (AvgIpc) is 3.73. The summed E-state index contributed by atoms with van der Waals surface area (Å²) in [6.07, 6.45) is 1.40. The van der Waals surface area contributed by atoms with Crippen LogP contribution in [0.15, 0.2) is 60.7 Å². The molecule has 2 aromatic heterocycles. The Morgan fingerprint density at radius 1 is 0.661 bits per heavy atom. The third-order valence-corrected chi connectivity index (χ3v) is 10.8. The maximum atomic E-state index is 13.5. The molecule has 12 nitrogen and oxygen atoms in total. The number of fused-ring (bicyclic) bond motifs is 2. The number of aryl methyl sites for hydroxylation is 4. The molecule has 2 aromatic carbocycles. The standard InChI is InChI=1S/C23H29N3O3.C21H25N3O3/c1-6-26(5)20-19(15(3)12-16(4)24-20)21(27)25-23(22(28)29-7-2)13-17-10-8-9-11-18(17)14-23;1-5-24(4)18-17(13(2)10-14(3)22-18)19(25)23-21(20(26)27)11-15-8-6-7-9-16(15)12-21/h8-12H,6-7,13-14H2,1-5H3,(H,25,27);6-10H,5,11-12H2,1-4H3,(H,23,25)(H,26,27). The number of nitrogens with one attached hydrogen (secondary N) is 2. The van der Waals surface area contributed by atoms with E-state index >= 15 is 0 Å². The Morgan fingerprint density at radius 2 is 1.02 bits per heavy atom. The molecule has 2 aliphatic rings. The summed E-state index contributed by atoms with van der Waals surface area (Å²) in [7, 11) is 3.78. The first kappa shape index (κ1) is 41.4. The van der Waals surface area contributed by atoms with Crippen LogP contribution in [0.25, 0.3) is 0 Å². The first-order chi connectivity index (χ1) is 26.6. The molecule has 12 heteroatoms.